The zero-order chi connectivity index (χ0) is 19.0. The SMILES string of the molecule is CO[C@@H]1CCN2C(=O)c3cccc(NC(=O)Nc4cnc(C)cn4)c3[C@@H]2C1. The number of anilines is 2. The summed E-state index contributed by atoms with van der Waals surface area (Å²) in [6.45, 7) is 2.48. The zero-order valence-electron chi connectivity index (χ0n) is 15.2. The Labute approximate surface area is 156 Å². The van der Waals surface area contributed by atoms with E-state index in [0.29, 0.717) is 23.6 Å². The number of nitrogens with one attached hydrogen (secondary N) is 2. The third-order valence-electron chi connectivity index (χ3n) is 5.09. The van der Waals surface area contributed by atoms with Crippen molar-refractivity contribution in [3.63, 3.8) is 0 Å². The van der Waals surface area contributed by atoms with E-state index in [1.54, 1.807) is 19.4 Å². The molecule has 8 heteroatoms. The van der Waals surface area contributed by atoms with Crippen molar-refractivity contribution in [1.29, 1.82) is 0 Å². The zero-order valence-corrected chi connectivity index (χ0v) is 15.2. The number of carbonyl (C=O) groups is 2. The maximum atomic E-state index is 12.7. The number of nitrogens with zero attached hydrogens (tertiary/aromatic N) is 3. The molecule has 0 aliphatic carbocycles. The number of hydrogen-bond donors (Lipinski definition) is 2. The quantitative estimate of drug-likeness (QED) is 0.869. The maximum Gasteiger partial charge on any atom is 0.324 e. The molecule has 0 saturated carbocycles. The Morgan fingerprint density at radius 1 is 1.26 bits per heavy atom. The molecule has 0 bridgehead atoms. The third kappa shape index (κ3) is 3.23. The van der Waals surface area contributed by atoms with Crippen molar-refractivity contribution in [2.45, 2.75) is 31.9 Å². The molecule has 1 aromatic heterocycles. The molecule has 0 spiro atoms. The van der Waals surface area contributed by atoms with Crippen LogP contribution in [0.3, 0.4) is 0 Å². The van der Waals surface area contributed by atoms with Crippen LogP contribution in [0.15, 0.2) is 30.6 Å². The third-order valence-corrected chi connectivity index (χ3v) is 5.09. The highest BCUT2D eigenvalue weighted by molar-refractivity contribution is 6.04. The first kappa shape index (κ1) is 17.4. The first-order valence-corrected chi connectivity index (χ1v) is 8.90. The number of aryl methyl sites for hydroxylation is 1. The molecule has 0 radical (unpaired) electrons. The van der Waals surface area contributed by atoms with Crippen LogP contribution in [0, 0.1) is 6.92 Å². The smallest absolute Gasteiger partial charge is 0.324 e. The van der Waals surface area contributed by atoms with Gasteiger partial charge in [-0.1, -0.05) is 6.07 Å². The lowest BCUT2D eigenvalue weighted by Crippen LogP contribution is -2.38. The molecule has 8 nitrogen and oxygen atoms in total. The Kier molecular flexibility index (Phi) is 4.49. The van der Waals surface area contributed by atoms with E-state index in [-0.39, 0.29) is 18.1 Å². The average Bonchev–Trinajstić information content (AvgIpc) is 2.96. The number of rotatable bonds is 3. The normalized spacial score (nSPS) is 20.8. The topological polar surface area (TPSA) is 96.5 Å². The fraction of sp³-hybridized carbons (Fsp3) is 0.368. The van der Waals surface area contributed by atoms with Gasteiger partial charge in [0.1, 0.15) is 0 Å². The summed E-state index contributed by atoms with van der Waals surface area (Å²) in [5.41, 5.74) is 2.90. The van der Waals surface area contributed by atoms with Crippen molar-refractivity contribution in [2.24, 2.45) is 0 Å². The summed E-state index contributed by atoms with van der Waals surface area (Å²) in [4.78, 5) is 35.2. The van der Waals surface area contributed by atoms with Crippen LogP contribution in [0.1, 0.15) is 40.5 Å². The number of hydrogen-bond acceptors (Lipinski definition) is 5. The van der Waals surface area contributed by atoms with Crippen LogP contribution in [0.4, 0.5) is 16.3 Å². The number of amides is 3. The molecule has 1 aromatic carbocycles. The van der Waals surface area contributed by atoms with Gasteiger partial charge in [0.15, 0.2) is 5.82 Å². The summed E-state index contributed by atoms with van der Waals surface area (Å²) < 4.78 is 5.51. The maximum absolute atomic E-state index is 12.7. The number of fused-ring (bicyclic) bond motifs is 3. The number of methoxy groups -OCH3 is 1. The summed E-state index contributed by atoms with van der Waals surface area (Å²) in [6.07, 6.45) is 4.73. The van der Waals surface area contributed by atoms with E-state index in [9.17, 15) is 9.59 Å². The Morgan fingerprint density at radius 2 is 2.11 bits per heavy atom. The van der Waals surface area contributed by atoms with Crippen LogP contribution in [-0.4, -0.2) is 46.6 Å². The van der Waals surface area contributed by atoms with E-state index in [1.807, 2.05) is 24.0 Å². The van der Waals surface area contributed by atoms with Gasteiger partial charge in [0.2, 0.25) is 0 Å². The second-order valence-electron chi connectivity index (χ2n) is 6.79. The van der Waals surface area contributed by atoms with Crippen LogP contribution in [0.2, 0.25) is 0 Å². The average molecular weight is 367 g/mol. The number of aromatic nitrogens is 2. The lowest BCUT2D eigenvalue weighted by atomic mass is 9.94. The van der Waals surface area contributed by atoms with Gasteiger partial charge in [0, 0.05) is 30.5 Å². The molecule has 2 N–H and O–H groups in total. The summed E-state index contributed by atoms with van der Waals surface area (Å²) >= 11 is 0. The second-order valence-corrected chi connectivity index (χ2v) is 6.79. The van der Waals surface area contributed by atoms with Gasteiger partial charge >= 0.3 is 6.03 Å². The Bertz CT molecular complexity index is 883. The highest BCUT2D eigenvalue weighted by atomic mass is 16.5. The molecule has 2 aliphatic heterocycles. The first-order chi connectivity index (χ1) is 13.1. The van der Waals surface area contributed by atoms with Crippen LogP contribution in [0.5, 0.6) is 0 Å². The van der Waals surface area contributed by atoms with Crippen molar-refractivity contribution in [1.82, 2.24) is 14.9 Å². The molecule has 27 heavy (non-hydrogen) atoms. The van der Waals surface area contributed by atoms with Crippen LogP contribution in [0.25, 0.3) is 0 Å². The first-order valence-electron chi connectivity index (χ1n) is 8.90. The largest absolute Gasteiger partial charge is 0.381 e. The van der Waals surface area contributed by atoms with E-state index in [0.717, 1.165) is 24.1 Å². The predicted molar refractivity (Wildman–Crippen MR) is 99.7 cm³/mol. The van der Waals surface area contributed by atoms with E-state index in [4.69, 9.17) is 4.74 Å². The summed E-state index contributed by atoms with van der Waals surface area (Å²) in [6, 6.07) is 4.90. The molecular weight excluding hydrogens is 346 g/mol. The van der Waals surface area contributed by atoms with E-state index in [1.165, 1.54) is 6.20 Å². The van der Waals surface area contributed by atoms with Gasteiger partial charge in [0.25, 0.3) is 5.91 Å². The van der Waals surface area contributed by atoms with Crippen LogP contribution < -0.4 is 10.6 Å². The van der Waals surface area contributed by atoms with Crippen molar-refractivity contribution in [2.75, 3.05) is 24.3 Å². The van der Waals surface area contributed by atoms with Crippen LogP contribution in [-0.2, 0) is 4.74 Å². The molecule has 0 unspecified atom stereocenters. The molecule has 1 fully saturated rings. The number of carbonyl (C=O) groups excluding carboxylic acids is 2. The minimum atomic E-state index is -0.424. The minimum Gasteiger partial charge on any atom is -0.381 e. The molecule has 3 heterocycles. The summed E-state index contributed by atoms with van der Waals surface area (Å²) in [5.74, 6) is 0.374. The van der Waals surface area contributed by atoms with Gasteiger partial charge < -0.3 is 15.0 Å². The van der Waals surface area contributed by atoms with Crippen molar-refractivity contribution >= 4 is 23.4 Å². The Balaban J connectivity index is 1.57. The lowest BCUT2D eigenvalue weighted by Gasteiger charge is -2.34. The van der Waals surface area contributed by atoms with Gasteiger partial charge in [-0.25, -0.2) is 9.78 Å². The second kappa shape index (κ2) is 6.96. The summed E-state index contributed by atoms with van der Waals surface area (Å²) in [7, 11) is 1.69. The Morgan fingerprint density at radius 3 is 2.85 bits per heavy atom. The molecule has 2 atom stereocenters. The number of benzene rings is 1. The van der Waals surface area contributed by atoms with Crippen molar-refractivity contribution in [3.05, 3.63) is 47.4 Å². The van der Waals surface area contributed by atoms with Crippen LogP contribution >= 0.6 is 0 Å². The van der Waals surface area contributed by atoms with Crippen molar-refractivity contribution < 1.29 is 14.3 Å². The monoisotopic (exact) mass is 367 g/mol. The van der Waals surface area contributed by atoms with Gasteiger partial charge in [-0.2, -0.15) is 0 Å². The molecule has 1 saturated heterocycles. The predicted octanol–water partition coefficient (Wildman–Crippen LogP) is 2.73. The molecule has 2 aliphatic rings. The van der Waals surface area contributed by atoms with Gasteiger partial charge in [-0.3, -0.25) is 15.1 Å². The van der Waals surface area contributed by atoms with E-state index in [2.05, 4.69) is 20.6 Å². The van der Waals surface area contributed by atoms with Gasteiger partial charge in [0.05, 0.1) is 30.2 Å². The van der Waals surface area contributed by atoms with Gasteiger partial charge in [-0.05, 0) is 31.9 Å². The molecular formula is C19H21N5O3. The standard InChI is InChI=1S/C19H21N5O3/c1-11-9-21-16(10-20-11)23-19(26)22-14-5-3-4-13-17(14)15-8-12(27-2)6-7-24(15)18(13)25/h3-5,9-10,12,15H,6-8H2,1-2H3,(H2,21,22,23,26)/t12-,15+/m1/s1. The fourth-order valence-corrected chi connectivity index (χ4v) is 3.77. The lowest BCUT2D eigenvalue weighted by molar-refractivity contribution is 0.0172. The van der Waals surface area contributed by atoms with Gasteiger partial charge in [-0.15, -0.1) is 0 Å². The Hall–Kier alpha value is -3.00. The summed E-state index contributed by atoms with van der Waals surface area (Å²) in [5, 5.41) is 5.52. The number of ether oxygens (including phenoxy) is 1. The highest BCUT2D eigenvalue weighted by Gasteiger charge is 2.42. The molecule has 140 valence electrons. The fourth-order valence-electron chi connectivity index (χ4n) is 3.77. The molecule has 2 aromatic rings. The molecule has 4 rings (SSSR count). The molecule has 3 amide bonds. The van der Waals surface area contributed by atoms with Crippen molar-refractivity contribution in [3.8, 4) is 0 Å². The van der Waals surface area contributed by atoms with E-state index >= 15 is 0 Å². The minimum absolute atomic E-state index is 0.0120. The highest BCUT2D eigenvalue weighted by Crippen LogP contribution is 2.44. The number of urea groups is 1. The van der Waals surface area contributed by atoms with E-state index < -0.39 is 6.03 Å². The number of piperidine rings is 1.